The highest BCUT2D eigenvalue weighted by Gasteiger charge is 2.22. The number of ether oxygens (including phenoxy) is 2. The third-order valence-electron chi connectivity index (χ3n) is 4.61. The van der Waals surface area contributed by atoms with Crippen LogP contribution in [0.5, 0.6) is 5.75 Å². The Labute approximate surface area is 207 Å². The molecule has 34 heavy (non-hydrogen) atoms. The van der Waals surface area contributed by atoms with Crippen molar-refractivity contribution >= 4 is 35.1 Å². The summed E-state index contributed by atoms with van der Waals surface area (Å²) in [5, 5.41) is 3.43. The van der Waals surface area contributed by atoms with Gasteiger partial charge in [0, 0.05) is 21.2 Å². The topological polar surface area (TPSA) is 64.6 Å². The molecule has 3 aromatic rings. The van der Waals surface area contributed by atoms with Crippen LogP contribution in [-0.4, -0.2) is 24.0 Å². The molecular formula is C26H24Cl2FNO4. The average molecular weight is 504 g/mol. The van der Waals surface area contributed by atoms with Gasteiger partial charge in [-0.05, 0) is 62.7 Å². The van der Waals surface area contributed by atoms with Gasteiger partial charge in [-0.2, -0.15) is 0 Å². The fourth-order valence-electron chi connectivity index (χ4n) is 3.13. The molecule has 1 unspecified atom stereocenters. The highest BCUT2D eigenvalue weighted by Crippen LogP contribution is 2.34. The maximum atomic E-state index is 14.9. The van der Waals surface area contributed by atoms with E-state index in [1.807, 2.05) is 6.07 Å². The largest absolute Gasteiger partial charge is 0.478 e. The number of nitrogens with one attached hydrogen (secondary N) is 1. The van der Waals surface area contributed by atoms with Gasteiger partial charge in [-0.15, -0.1) is 0 Å². The average Bonchev–Trinajstić information content (AvgIpc) is 2.77. The molecule has 8 heteroatoms. The van der Waals surface area contributed by atoms with Gasteiger partial charge in [0.15, 0.2) is 17.7 Å². The second-order valence-corrected chi connectivity index (χ2v) is 9.33. The van der Waals surface area contributed by atoms with Gasteiger partial charge >= 0.3 is 5.97 Å². The van der Waals surface area contributed by atoms with Crippen LogP contribution in [0.25, 0.3) is 0 Å². The first-order valence-corrected chi connectivity index (χ1v) is 11.3. The molecule has 0 aliphatic heterocycles. The van der Waals surface area contributed by atoms with Crippen LogP contribution in [0.4, 0.5) is 4.39 Å². The molecule has 1 amide bonds. The number of hydrogen-bond donors (Lipinski definition) is 1. The molecule has 1 N–H and O–H groups in total. The van der Waals surface area contributed by atoms with Crippen molar-refractivity contribution in [3.05, 3.63) is 99.3 Å². The van der Waals surface area contributed by atoms with E-state index in [1.54, 1.807) is 63.2 Å². The Bertz CT molecular complexity index is 1180. The second kappa shape index (κ2) is 10.9. The monoisotopic (exact) mass is 503 g/mol. The predicted molar refractivity (Wildman–Crippen MR) is 130 cm³/mol. The summed E-state index contributed by atoms with van der Waals surface area (Å²) in [6.07, 6.45) is -0.715. The van der Waals surface area contributed by atoms with Crippen molar-refractivity contribution in [3.63, 3.8) is 0 Å². The molecule has 0 bridgehead atoms. The van der Waals surface area contributed by atoms with Crippen LogP contribution < -0.4 is 10.1 Å². The second-order valence-electron chi connectivity index (χ2n) is 8.49. The quantitative estimate of drug-likeness (QED) is 0.380. The molecule has 0 aliphatic carbocycles. The molecule has 0 heterocycles. The van der Waals surface area contributed by atoms with E-state index in [0.29, 0.717) is 15.6 Å². The van der Waals surface area contributed by atoms with E-state index in [9.17, 15) is 14.0 Å². The lowest BCUT2D eigenvalue weighted by Gasteiger charge is -2.22. The fourth-order valence-corrected chi connectivity index (χ4v) is 3.49. The van der Waals surface area contributed by atoms with Gasteiger partial charge in [-0.1, -0.05) is 53.5 Å². The van der Waals surface area contributed by atoms with Crippen molar-refractivity contribution in [3.8, 4) is 5.75 Å². The summed E-state index contributed by atoms with van der Waals surface area (Å²) in [6, 6.07) is 17.9. The van der Waals surface area contributed by atoms with Crippen molar-refractivity contribution < 1.29 is 23.5 Å². The Morgan fingerprint density at radius 2 is 1.68 bits per heavy atom. The lowest BCUT2D eigenvalue weighted by Crippen LogP contribution is -2.34. The molecule has 3 aromatic carbocycles. The van der Waals surface area contributed by atoms with E-state index in [1.165, 1.54) is 12.1 Å². The van der Waals surface area contributed by atoms with Crippen LogP contribution in [0, 0.1) is 5.82 Å². The van der Waals surface area contributed by atoms with E-state index in [2.05, 4.69) is 5.32 Å². The van der Waals surface area contributed by atoms with Crippen molar-refractivity contribution in [2.45, 2.75) is 32.5 Å². The van der Waals surface area contributed by atoms with E-state index in [4.69, 9.17) is 32.7 Å². The van der Waals surface area contributed by atoms with E-state index in [0.717, 1.165) is 11.6 Å². The zero-order valence-corrected chi connectivity index (χ0v) is 20.4. The van der Waals surface area contributed by atoms with Crippen LogP contribution >= 0.6 is 23.2 Å². The standard InChI is InChI=1S/C26H24Cl2FNO4/c1-26(2,3)34-23(31)15-30-25(32)17-10-13-22(21(29)14-17)33-24(16-8-11-18(27)12-9-16)19-6-4-5-7-20(19)28/h4-14,24H,15H2,1-3H3,(H,30,32). The van der Waals surface area contributed by atoms with Gasteiger partial charge in [0.1, 0.15) is 12.1 Å². The SMILES string of the molecule is CC(C)(C)OC(=O)CNC(=O)c1ccc(OC(c2ccc(Cl)cc2)c2ccccc2Cl)c(F)c1. The molecule has 1 atom stereocenters. The van der Waals surface area contributed by atoms with Gasteiger partial charge in [0.25, 0.3) is 5.91 Å². The summed E-state index contributed by atoms with van der Waals surface area (Å²) in [5.74, 6) is -2.01. The Balaban J connectivity index is 1.79. The van der Waals surface area contributed by atoms with Crippen LogP contribution in [0.1, 0.15) is 48.4 Å². The number of amides is 1. The first-order valence-electron chi connectivity index (χ1n) is 10.5. The van der Waals surface area contributed by atoms with Gasteiger partial charge in [0.2, 0.25) is 0 Å². The summed E-state index contributed by atoms with van der Waals surface area (Å²) < 4.78 is 26.1. The summed E-state index contributed by atoms with van der Waals surface area (Å²) in [6.45, 7) is 4.84. The highest BCUT2D eigenvalue weighted by molar-refractivity contribution is 6.31. The smallest absolute Gasteiger partial charge is 0.325 e. The molecule has 178 valence electrons. The predicted octanol–water partition coefficient (Wildman–Crippen LogP) is 6.37. The molecule has 0 saturated heterocycles. The molecular weight excluding hydrogens is 480 g/mol. The number of benzene rings is 3. The maximum Gasteiger partial charge on any atom is 0.325 e. The number of halogens is 3. The minimum Gasteiger partial charge on any atom is -0.478 e. The van der Waals surface area contributed by atoms with Crippen molar-refractivity contribution in [2.24, 2.45) is 0 Å². The van der Waals surface area contributed by atoms with Crippen LogP contribution in [0.3, 0.4) is 0 Å². The maximum absolute atomic E-state index is 14.9. The molecule has 0 aliphatic rings. The molecule has 0 spiro atoms. The zero-order valence-electron chi connectivity index (χ0n) is 18.9. The van der Waals surface area contributed by atoms with Gasteiger partial charge in [-0.25, -0.2) is 4.39 Å². The van der Waals surface area contributed by atoms with Gasteiger partial charge in [0.05, 0.1) is 0 Å². The zero-order chi connectivity index (χ0) is 24.9. The van der Waals surface area contributed by atoms with E-state index in [-0.39, 0.29) is 17.9 Å². The third-order valence-corrected chi connectivity index (χ3v) is 5.21. The summed E-state index contributed by atoms with van der Waals surface area (Å²) in [5.41, 5.74) is 0.727. The van der Waals surface area contributed by atoms with Crippen LogP contribution in [0.2, 0.25) is 10.0 Å². The minimum atomic E-state index is -0.740. The summed E-state index contributed by atoms with van der Waals surface area (Å²) in [4.78, 5) is 24.2. The van der Waals surface area contributed by atoms with Crippen molar-refractivity contribution in [2.75, 3.05) is 6.54 Å². The van der Waals surface area contributed by atoms with Gasteiger partial charge < -0.3 is 14.8 Å². The Morgan fingerprint density at radius 3 is 2.29 bits per heavy atom. The number of esters is 1. The fraction of sp³-hybridized carbons (Fsp3) is 0.231. The first kappa shape index (κ1) is 25.5. The van der Waals surface area contributed by atoms with Crippen molar-refractivity contribution in [1.29, 1.82) is 0 Å². The molecule has 0 fully saturated rings. The highest BCUT2D eigenvalue weighted by atomic mass is 35.5. The van der Waals surface area contributed by atoms with Gasteiger partial charge in [-0.3, -0.25) is 9.59 Å². The van der Waals surface area contributed by atoms with Crippen LogP contribution in [0.15, 0.2) is 66.7 Å². The molecule has 0 saturated carbocycles. The molecule has 0 radical (unpaired) electrons. The number of carbonyl (C=O) groups excluding carboxylic acids is 2. The Hall–Kier alpha value is -3.09. The Kier molecular flexibility index (Phi) is 8.18. The number of rotatable bonds is 7. The van der Waals surface area contributed by atoms with E-state index >= 15 is 0 Å². The van der Waals surface area contributed by atoms with Crippen molar-refractivity contribution in [1.82, 2.24) is 5.32 Å². The van der Waals surface area contributed by atoms with Crippen LogP contribution in [-0.2, 0) is 9.53 Å². The summed E-state index contributed by atoms with van der Waals surface area (Å²) >= 11 is 12.4. The summed E-state index contributed by atoms with van der Waals surface area (Å²) in [7, 11) is 0. The lowest BCUT2D eigenvalue weighted by atomic mass is 10.0. The number of carbonyl (C=O) groups is 2. The minimum absolute atomic E-state index is 0.0363. The first-order chi connectivity index (χ1) is 16.0. The molecule has 3 rings (SSSR count). The molecule has 5 nitrogen and oxygen atoms in total. The molecule has 0 aromatic heterocycles. The normalized spacial score (nSPS) is 12.1. The van der Waals surface area contributed by atoms with E-state index < -0.39 is 29.4 Å². The lowest BCUT2D eigenvalue weighted by molar-refractivity contribution is -0.153. The third kappa shape index (κ3) is 6.95. The Morgan fingerprint density at radius 1 is 1.00 bits per heavy atom. The number of hydrogen-bond acceptors (Lipinski definition) is 4.